The normalized spacial score (nSPS) is 17.5. The highest BCUT2D eigenvalue weighted by Crippen LogP contribution is 2.47. The van der Waals surface area contributed by atoms with Crippen molar-refractivity contribution >= 4 is 10.9 Å². The summed E-state index contributed by atoms with van der Waals surface area (Å²) >= 11 is 0. The van der Waals surface area contributed by atoms with Gasteiger partial charge in [0, 0.05) is 53.0 Å². The van der Waals surface area contributed by atoms with Crippen LogP contribution in [0.4, 0.5) is 0 Å². The SMILES string of the molecule is CCn1c(C)c(-c2cnc(C)nc2OCC2CC2c2ccc3ccccc3n2)ccc1=O. The Kier molecular flexibility index (Phi) is 5.21. The van der Waals surface area contributed by atoms with Gasteiger partial charge in [-0.3, -0.25) is 9.78 Å². The minimum Gasteiger partial charge on any atom is -0.477 e. The molecule has 3 heterocycles. The van der Waals surface area contributed by atoms with E-state index in [1.165, 1.54) is 0 Å². The number of aryl methyl sites for hydroxylation is 1. The summed E-state index contributed by atoms with van der Waals surface area (Å²) in [7, 11) is 0. The van der Waals surface area contributed by atoms with Crippen molar-refractivity contribution in [3.05, 3.63) is 82.3 Å². The Bertz CT molecular complexity index is 1360. The molecule has 0 N–H and O–H groups in total. The quantitative estimate of drug-likeness (QED) is 0.448. The predicted octanol–water partition coefficient (Wildman–Crippen LogP) is 4.67. The lowest BCUT2D eigenvalue weighted by molar-refractivity contribution is 0.285. The van der Waals surface area contributed by atoms with Crippen LogP contribution in [0.3, 0.4) is 0 Å². The van der Waals surface area contributed by atoms with E-state index in [0.717, 1.165) is 39.8 Å². The summed E-state index contributed by atoms with van der Waals surface area (Å²) in [6, 6.07) is 15.9. The molecular formula is C26H26N4O2. The van der Waals surface area contributed by atoms with Gasteiger partial charge in [-0.25, -0.2) is 4.98 Å². The molecule has 0 saturated heterocycles. The van der Waals surface area contributed by atoms with E-state index in [0.29, 0.717) is 36.7 Å². The Morgan fingerprint density at radius 1 is 1.03 bits per heavy atom. The van der Waals surface area contributed by atoms with Crippen molar-refractivity contribution in [2.75, 3.05) is 6.61 Å². The molecule has 0 spiro atoms. The number of fused-ring (bicyclic) bond motifs is 1. The maximum atomic E-state index is 12.2. The molecule has 1 aromatic carbocycles. The van der Waals surface area contributed by atoms with Crippen molar-refractivity contribution in [3.63, 3.8) is 0 Å². The summed E-state index contributed by atoms with van der Waals surface area (Å²) < 4.78 is 7.98. The Balaban J connectivity index is 1.37. The molecule has 2 unspecified atom stereocenters. The molecule has 6 nitrogen and oxygen atoms in total. The molecule has 0 bridgehead atoms. The largest absolute Gasteiger partial charge is 0.477 e. The molecule has 0 amide bonds. The molecular weight excluding hydrogens is 400 g/mol. The predicted molar refractivity (Wildman–Crippen MR) is 125 cm³/mol. The zero-order valence-corrected chi connectivity index (χ0v) is 18.6. The standard InChI is InChI=1S/C26H26N4O2/c1-4-30-16(2)20(10-12-25(30)31)22-14-27-17(3)28-26(22)32-15-19-13-21(19)24-11-9-18-7-5-6-8-23(18)29-24/h5-12,14,19,21H,4,13,15H2,1-3H3. The zero-order valence-electron chi connectivity index (χ0n) is 18.6. The Hall–Kier alpha value is -3.54. The van der Waals surface area contributed by atoms with Crippen molar-refractivity contribution in [2.24, 2.45) is 5.92 Å². The number of pyridine rings is 2. The topological polar surface area (TPSA) is 69.9 Å². The van der Waals surface area contributed by atoms with E-state index in [1.807, 2.05) is 39.0 Å². The number of hydrogen-bond acceptors (Lipinski definition) is 5. The Labute approximate surface area is 187 Å². The Morgan fingerprint density at radius 2 is 1.88 bits per heavy atom. The lowest BCUT2D eigenvalue weighted by Crippen LogP contribution is -2.21. The van der Waals surface area contributed by atoms with Crippen molar-refractivity contribution in [1.29, 1.82) is 0 Å². The molecule has 162 valence electrons. The first-order valence-corrected chi connectivity index (χ1v) is 11.1. The van der Waals surface area contributed by atoms with Gasteiger partial charge in [-0.05, 0) is 45.4 Å². The van der Waals surface area contributed by atoms with Gasteiger partial charge in [0.2, 0.25) is 5.88 Å². The van der Waals surface area contributed by atoms with E-state index in [2.05, 4.69) is 34.2 Å². The molecule has 1 aliphatic rings. The molecule has 2 atom stereocenters. The third-order valence-electron chi connectivity index (χ3n) is 6.29. The van der Waals surface area contributed by atoms with Crippen molar-refractivity contribution in [2.45, 2.75) is 39.7 Å². The summed E-state index contributed by atoms with van der Waals surface area (Å²) in [5.74, 6) is 2.06. The van der Waals surface area contributed by atoms with E-state index in [-0.39, 0.29) is 5.56 Å². The fraction of sp³-hybridized carbons (Fsp3) is 0.308. The van der Waals surface area contributed by atoms with Crippen LogP contribution in [0.15, 0.2) is 59.5 Å². The van der Waals surface area contributed by atoms with Crippen LogP contribution in [-0.2, 0) is 6.54 Å². The van der Waals surface area contributed by atoms with E-state index in [9.17, 15) is 4.79 Å². The van der Waals surface area contributed by atoms with E-state index < -0.39 is 0 Å². The average Bonchev–Trinajstić information content (AvgIpc) is 3.58. The van der Waals surface area contributed by atoms with Gasteiger partial charge in [0.15, 0.2) is 0 Å². The highest BCUT2D eigenvalue weighted by Gasteiger charge is 2.40. The highest BCUT2D eigenvalue weighted by molar-refractivity contribution is 5.78. The average molecular weight is 427 g/mol. The fourth-order valence-electron chi connectivity index (χ4n) is 4.37. The van der Waals surface area contributed by atoms with E-state index in [1.54, 1.807) is 16.8 Å². The van der Waals surface area contributed by atoms with Crippen molar-refractivity contribution in [3.8, 4) is 17.0 Å². The van der Waals surface area contributed by atoms with Crippen LogP contribution >= 0.6 is 0 Å². The summed E-state index contributed by atoms with van der Waals surface area (Å²) in [6.07, 6.45) is 2.85. The van der Waals surface area contributed by atoms with Crippen LogP contribution in [0.5, 0.6) is 5.88 Å². The lowest BCUT2D eigenvalue weighted by Gasteiger charge is -2.15. The van der Waals surface area contributed by atoms with Crippen LogP contribution in [0.1, 0.15) is 36.5 Å². The number of nitrogens with zero attached hydrogens (tertiary/aromatic N) is 4. The van der Waals surface area contributed by atoms with Gasteiger partial charge < -0.3 is 9.30 Å². The number of rotatable bonds is 6. The van der Waals surface area contributed by atoms with Crippen LogP contribution < -0.4 is 10.3 Å². The van der Waals surface area contributed by atoms with Crippen LogP contribution in [0, 0.1) is 19.8 Å². The second kappa shape index (κ2) is 8.19. The molecule has 4 aromatic rings. The van der Waals surface area contributed by atoms with E-state index in [4.69, 9.17) is 9.72 Å². The van der Waals surface area contributed by atoms with Crippen LogP contribution in [-0.4, -0.2) is 26.1 Å². The minimum absolute atomic E-state index is 0.00652. The molecule has 3 aromatic heterocycles. The third-order valence-corrected chi connectivity index (χ3v) is 6.29. The molecule has 1 aliphatic carbocycles. The fourth-order valence-corrected chi connectivity index (χ4v) is 4.37. The van der Waals surface area contributed by atoms with Gasteiger partial charge in [0.1, 0.15) is 5.82 Å². The van der Waals surface area contributed by atoms with Gasteiger partial charge in [0.25, 0.3) is 5.56 Å². The first-order valence-electron chi connectivity index (χ1n) is 11.1. The molecule has 1 saturated carbocycles. The second-order valence-electron chi connectivity index (χ2n) is 8.39. The van der Waals surface area contributed by atoms with Gasteiger partial charge in [-0.2, -0.15) is 4.98 Å². The van der Waals surface area contributed by atoms with E-state index >= 15 is 0 Å². The molecule has 6 heteroatoms. The van der Waals surface area contributed by atoms with Crippen LogP contribution in [0.25, 0.3) is 22.0 Å². The van der Waals surface area contributed by atoms with Gasteiger partial charge >= 0.3 is 0 Å². The summed E-state index contributed by atoms with van der Waals surface area (Å²) in [5, 5.41) is 1.16. The zero-order chi connectivity index (χ0) is 22.2. The summed E-state index contributed by atoms with van der Waals surface area (Å²) in [4.78, 5) is 26.0. The summed E-state index contributed by atoms with van der Waals surface area (Å²) in [6.45, 7) is 6.97. The summed E-state index contributed by atoms with van der Waals surface area (Å²) in [5.41, 5.74) is 4.78. The lowest BCUT2D eigenvalue weighted by atomic mass is 10.1. The van der Waals surface area contributed by atoms with Crippen LogP contribution in [0.2, 0.25) is 0 Å². The minimum atomic E-state index is -0.00652. The number of ether oxygens (including phenoxy) is 1. The number of benzene rings is 1. The molecule has 1 fully saturated rings. The maximum Gasteiger partial charge on any atom is 0.250 e. The molecule has 0 radical (unpaired) electrons. The van der Waals surface area contributed by atoms with Gasteiger partial charge in [0.05, 0.1) is 17.7 Å². The highest BCUT2D eigenvalue weighted by atomic mass is 16.5. The Morgan fingerprint density at radius 3 is 2.72 bits per heavy atom. The first kappa shape index (κ1) is 20.4. The van der Waals surface area contributed by atoms with Crippen molar-refractivity contribution in [1.82, 2.24) is 19.5 Å². The monoisotopic (exact) mass is 426 g/mol. The van der Waals surface area contributed by atoms with Crippen molar-refractivity contribution < 1.29 is 4.74 Å². The number of hydrogen-bond donors (Lipinski definition) is 0. The third kappa shape index (κ3) is 3.77. The first-order chi connectivity index (χ1) is 15.5. The number of aromatic nitrogens is 4. The maximum absolute atomic E-state index is 12.2. The smallest absolute Gasteiger partial charge is 0.250 e. The molecule has 0 aliphatic heterocycles. The molecule has 32 heavy (non-hydrogen) atoms. The van der Waals surface area contributed by atoms with Gasteiger partial charge in [-0.1, -0.05) is 24.3 Å². The number of para-hydroxylation sites is 1. The van der Waals surface area contributed by atoms with Gasteiger partial charge in [-0.15, -0.1) is 0 Å². The second-order valence-corrected chi connectivity index (χ2v) is 8.39. The molecule has 5 rings (SSSR count).